The highest BCUT2D eigenvalue weighted by molar-refractivity contribution is 5.97. The third-order valence-corrected chi connectivity index (χ3v) is 9.94. The van der Waals surface area contributed by atoms with Crippen molar-refractivity contribution in [3.05, 3.63) is 222 Å². The van der Waals surface area contributed by atoms with Crippen LogP contribution < -0.4 is 4.90 Å². The van der Waals surface area contributed by atoms with Gasteiger partial charge in [0.2, 0.25) is 0 Å². The van der Waals surface area contributed by atoms with Crippen molar-refractivity contribution in [1.82, 2.24) is 0 Å². The lowest BCUT2D eigenvalue weighted by molar-refractivity contribution is 0.768. The third-order valence-electron chi connectivity index (χ3n) is 9.94. The Morgan fingerprint density at radius 2 is 0.833 bits per heavy atom. The van der Waals surface area contributed by atoms with Gasteiger partial charge in [-0.1, -0.05) is 164 Å². The quantitative estimate of drug-likeness (QED) is 0.181. The summed E-state index contributed by atoms with van der Waals surface area (Å²) in [5.74, 6) is 0. The Morgan fingerprint density at radius 3 is 1.56 bits per heavy atom. The van der Waals surface area contributed by atoms with E-state index in [0.717, 1.165) is 17.1 Å². The van der Waals surface area contributed by atoms with Gasteiger partial charge >= 0.3 is 0 Å². The first-order valence-corrected chi connectivity index (χ1v) is 16.6. The summed E-state index contributed by atoms with van der Waals surface area (Å²) in [4.78, 5) is 2.37. The summed E-state index contributed by atoms with van der Waals surface area (Å²) >= 11 is 0. The summed E-state index contributed by atoms with van der Waals surface area (Å²) < 4.78 is 0. The Morgan fingerprint density at radius 1 is 0.333 bits per heavy atom. The van der Waals surface area contributed by atoms with Crippen LogP contribution in [0.2, 0.25) is 0 Å². The number of hydrogen-bond donors (Lipinski definition) is 0. The monoisotopic (exact) mass is 611 g/mol. The van der Waals surface area contributed by atoms with E-state index in [9.17, 15) is 0 Å². The molecule has 1 aliphatic rings. The largest absolute Gasteiger partial charge is 0.310 e. The van der Waals surface area contributed by atoms with Crippen LogP contribution in [0.25, 0.3) is 33.0 Å². The van der Waals surface area contributed by atoms with Crippen molar-refractivity contribution in [2.24, 2.45) is 0 Å². The highest BCUT2D eigenvalue weighted by Gasteiger charge is 2.45. The van der Waals surface area contributed by atoms with E-state index in [1.807, 2.05) is 0 Å². The van der Waals surface area contributed by atoms with Crippen molar-refractivity contribution in [1.29, 1.82) is 0 Å². The van der Waals surface area contributed by atoms with Crippen molar-refractivity contribution in [3.8, 4) is 22.3 Å². The Kier molecular flexibility index (Phi) is 6.76. The van der Waals surface area contributed by atoms with E-state index in [1.54, 1.807) is 0 Å². The van der Waals surface area contributed by atoms with Crippen LogP contribution in [-0.2, 0) is 5.41 Å². The van der Waals surface area contributed by atoms with Crippen molar-refractivity contribution < 1.29 is 0 Å². The zero-order valence-electron chi connectivity index (χ0n) is 26.5. The zero-order chi connectivity index (χ0) is 31.9. The summed E-state index contributed by atoms with van der Waals surface area (Å²) in [6.07, 6.45) is 0. The Balaban J connectivity index is 1.21. The number of hydrogen-bond acceptors (Lipinski definition) is 1. The van der Waals surface area contributed by atoms with Gasteiger partial charge < -0.3 is 4.90 Å². The normalized spacial score (nSPS) is 12.8. The molecule has 0 fully saturated rings. The van der Waals surface area contributed by atoms with Crippen LogP contribution in [-0.4, -0.2) is 0 Å². The molecule has 1 nitrogen and oxygen atoms in total. The number of anilines is 3. The molecule has 0 aromatic heterocycles. The van der Waals surface area contributed by atoms with Gasteiger partial charge in [0.1, 0.15) is 0 Å². The van der Waals surface area contributed by atoms with Crippen molar-refractivity contribution in [2.45, 2.75) is 5.41 Å². The molecule has 0 unspecified atom stereocenters. The molecule has 8 aromatic carbocycles. The Hall–Kier alpha value is -6.18. The Labute approximate surface area is 282 Å². The molecule has 1 heteroatoms. The van der Waals surface area contributed by atoms with Crippen molar-refractivity contribution >= 4 is 27.8 Å². The van der Waals surface area contributed by atoms with Crippen molar-refractivity contribution in [3.63, 3.8) is 0 Å². The molecule has 0 heterocycles. The molecule has 9 rings (SSSR count). The van der Waals surface area contributed by atoms with Gasteiger partial charge in [-0.3, -0.25) is 0 Å². The van der Waals surface area contributed by atoms with E-state index >= 15 is 0 Å². The second-order valence-corrected chi connectivity index (χ2v) is 12.5. The van der Waals surface area contributed by atoms with Gasteiger partial charge in [0.05, 0.1) is 5.41 Å². The van der Waals surface area contributed by atoms with Gasteiger partial charge in [0, 0.05) is 17.1 Å². The molecular formula is C47H33N. The summed E-state index contributed by atoms with van der Waals surface area (Å²) in [6.45, 7) is 0. The smallest absolute Gasteiger partial charge is 0.0713 e. The highest BCUT2D eigenvalue weighted by Crippen LogP contribution is 2.56. The average molecular weight is 612 g/mol. The maximum atomic E-state index is 2.37. The van der Waals surface area contributed by atoms with Crippen LogP contribution in [0, 0.1) is 0 Å². The summed E-state index contributed by atoms with van der Waals surface area (Å²) in [5.41, 5.74) is 13.2. The molecule has 0 amide bonds. The number of benzene rings is 8. The van der Waals surface area contributed by atoms with Gasteiger partial charge in [-0.05, 0) is 91.7 Å². The zero-order valence-corrected chi connectivity index (χ0v) is 26.5. The lowest BCUT2D eigenvalue weighted by atomic mass is 9.68. The molecule has 0 saturated heterocycles. The van der Waals surface area contributed by atoms with Crippen LogP contribution in [0.4, 0.5) is 17.1 Å². The molecule has 0 N–H and O–H groups in total. The van der Waals surface area contributed by atoms with E-state index in [4.69, 9.17) is 0 Å². The fourth-order valence-electron chi connectivity index (χ4n) is 7.89. The molecule has 8 aromatic rings. The van der Waals surface area contributed by atoms with E-state index in [-0.39, 0.29) is 0 Å². The summed E-state index contributed by atoms with van der Waals surface area (Å²) in [6, 6.07) is 72.9. The van der Waals surface area contributed by atoms with Gasteiger partial charge in [0.15, 0.2) is 0 Å². The summed E-state index contributed by atoms with van der Waals surface area (Å²) in [5, 5.41) is 2.51. The molecule has 226 valence electrons. The Bertz CT molecular complexity index is 2340. The first kappa shape index (κ1) is 28.1. The minimum absolute atomic E-state index is 0.418. The van der Waals surface area contributed by atoms with Crippen LogP contribution in [0.5, 0.6) is 0 Å². The number of fused-ring (bicyclic) bond motifs is 4. The van der Waals surface area contributed by atoms with E-state index < -0.39 is 5.41 Å². The topological polar surface area (TPSA) is 3.24 Å². The van der Waals surface area contributed by atoms with Gasteiger partial charge in [-0.15, -0.1) is 0 Å². The molecule has 0 aliphatic heterocycles. The maximum Gasteiger partial charge on any atom is 0.0713 e. The first-order chi connectivity index (χ1) is 23.8. The maximum absolute atomic E-state index is 2.37. The molecule has 0 radical (unpaired) electrons. The van der Waals surface area contributed by atoms with Gasteiger partial charge in [-0.2, -0.15) is 0 Å². The van der Waals surface area contributed by atoms with Crippen LogP contribution >= 0.6 is 0 Å². The van der Waals surface area contributed by atoms with Gasteiger partial charge in [0.25, 0.3) is 0 Å². The molecule has 0 atom stereocenters. The first-order valence-electron chi connectivity index (χ1n) is 16.6. The average Bonchev–Trinajstić information content (AvgIpc) is 3.47. The van der Waals surface area contributed by atoms with Crippen LogP contribution in [0.1, 0.15) is 22.3 Å². The second-order valence-electron chi connectivity index (χ2n) is 12.5. The molecule has 0 saturated carbocycles. The number of nitrogens with zero attached hydrogens (tertiary/aromatic N) is 1. The molecular weight excluding hydrogens is 579 g/mol. The fourth-order valence-corrected chi connectivity index (χ4v) is 7.89. The minimum atomic E-state index is -0.418. The molecule has 0 spiro atoms. The molecule has 0 bridgehead atoms. The summed E-state index contributed by atoms with van der Waals surface area (Å²) in [7, 11) is 0. The molecule has 1 aliphatic carbocycles. The molecule has 48 heavy (non-hydrogen) atoms. The predicted molar refractivity (Wildman–Crippen MR) is 201 cm³/mol. The third kappa shape index (κ3) is 4.40. The van der Waals surface area contributed by atoms with E-state index in [2.05, 4.69) is 205 Å². The minimum Gasteiger partial charge on any atom is -0.310 e. The van der Waals surface area contributed by atoms with Gasteiger partial charge in [-0.25, -0.2) is 0 Å². The SMILES string of the molecule is c1ccc(N(c2ccc(C3(c4ccccc4)c4ccccc4-c4ccccc43)cc2)c2cccc(-c3cccc4ccccc34)c2)cc1. The standard InChI is InChI=1S/C47H33N/c1-3-18-36(19-4-1)47(45-27-11-9-24-43(45)44-25-10-12-28-46(44)47)37-29-31-39(32-30-37)48(38-20-5-2-6-21-38)40-22-13-17-35(33-40)42-26-14-16-34-15-7-8-23-41(34)42/h1-33H. The highest BCUT2D eigenvalue weighted by atomic mass is 15.1. The second kappa shape index (κ2) is 11.6. The number of rotatable bonds is 6. The lowest BCUT2D eigenvalue weighted by Crippen LogP contribution is -2.28. The lowest BCUT2D eigenvalue weighted by Gasteiger charge is -2.34. The van der Waals surface area contributed by atoms with Crippen LogP contribution in [0.3, 0.4) is 0 Å². The van der Waals surface area contributed by atoms with E-state index in [1.165, 1.54) is 55.3 Å². The number of para-hydroxylation sites is 1. The fraction of sp³-hybridized carbons (Fsp3) is 0.0213. The van der Waals surface area contributed by atoms with Crippen molar-refractivity contribution in [2.75, 3.05) is 4.90 Å². The van der Waals surface area contributed by atoms with Crippen LogP contribution in [0.15, 0.2) is 200 Å². The van der Waals surface area contributed by atoms with E-state index in [0.29, 0.717) is 0 Å². The predicted octanol–water partition coefficient (Wildman–Crippen LogP) is 12.3.